The van der Waals surface area contributed by atoms with Crippen molar-refractivity contribution in [3.05, 3.63) is 33.3 Å². The van der Waals surface area contributed by atoms with Crippen LogP contribution in [0, 0.1) is 0 Å². The molecule has 108 valence electrons. The van der Waals surface area contributed by atoms with Crippen LogP contribution >= 0.6 is 27.5 Å². The monoisotopic (exact) mass is 346 g/mol. The molecule has 0 saturated heterocycles. The van der Waals surface area contributed by atoms with Crippen LogP contribution in [0.15, 0.2) is 22.7 Å². The Hall–Kier alpha value is -0.0900. The van der Waals surface area contributed by atoms with Crippen LogP contribution in [0.3, 0.4) is 0 Å². The smallest absolute Gasteiger partial charge is 0.0449 e. The fourth-order valence-electron chi connectivity index (χ4n) is 2.41. The van der Waals surface area contributed by atoms with Crippen molar-refractivity contribution in [2.45, 2.75) is 38.3 Å². The summed E-state index contributed by atoms with van der Waals surface area (Å²) in [5.41, 5.74) is 1.29. The largest absolute Gasteiger partial charge is 0.315 e. The van der Waals surface area contributed by atoms with Gasteiger partial charge >= 0.3 is 0 Å². The number of nitrogens with one attached hydrogen (secondary N) is 1. The molecule has 0 spiro atoms. The molecule has 2 nitrogen and oxygen atoms in total. The van der Waals surface area contributed by atoms with Crippen molar-refractivity contribution in [1.29, 1.82) is 0 Å². The summed E-state index contributed by atoms with van der Waals surface area (Å²) in [6, 6.07) is 6.46. The lowest BCUT2D eigenvalue weighted by Crippen LogP contribution is -2.56. The van der Waals surface area contributed by atoms with Crippen LogP contribution in [-0.4, -0.2) is 37.6 Å². The highest BCUT2D eigenvalue weighted by Gasteiger charge is 2.33. The van der Waals surface area contributed by atoms with E-state index in [1.807, 2.05) is 19.2 Å². The maximum Gasteiger partial charge on any atom is 0.0449 e. The first-order valence-corrected chi connectivity index (χ1v) is 7.80. The minimum Gasteiger partial charge on any atom is -0.315 e. The van der Waals surface area contributed by atoms with Gasteiger partial charge in [0, 0.05) is 21.1 Å². The van der Waals surface area contributed by atoms with E-state index >= 15 is 0 Å². The highest BCUT2D eigenvalue weighted by molar-refractivity contribution is 9.10. The summed E-state index contributed by atoms with van der Waals surface area (Å²) in [5, 5.41) is 4.28. The van der Waals surface area contributed by atoms with Gasteiger partial charge in [-0.05, 0) is 58.6 Å². The minimum atomic E-state index is 0.102. The van der Waals surface area contributed by atoms with E-state index in [4.69, 9.17) is 11.6 Å². The van der Waals surface area contributed by atoms with E-state index in [2.05, 4.69) is 60.2 Å². The van der Waals surface area contributed by atoms with Gasteiger partial charge in [0.2, 0.25) is 0 Å². The number of nitrogens with zero attached hydrogens (tertiary/aromatic N) is 1. The Morgan fingerprint density at radius 2 is 2.05 bits per heavy atom. The molecule has 0 aromatic heterocycles. The first-order valence-electron chi connectivity index (χ1n) is 6.63. The second-order valence-corrected chi connectivity index (χ2v) is 6.71. The third-order valence-corrected chi connectivity index (χ3v) is 5.12. The average molecular weight is 348 g/mol. The summed E-state index contributed by atoms with van der Waals surface area (Å²) in [4.78, 5) is 2.29. The zero-order chi connectivity index (χ0) is 14.6. The predicted octanol–water partition coefficient (Wildman–Crippen LogP) is 3.96. The summed E-state index contributed by atoms with van der Waals surface area (Å²) < 4.78 is 1.02. The molecule has 1 aromatic carbocycles. The van der Waals surface area contributed by atoms with Gasteiger partial charge in [0.1, 0.15) is 0 Å². The van der Waals surface area contributed by atoms with Crippen molar-refractivity contribution in [2.24, 2.45) is 0 Å². The summed E-state index contributed by atoms with van der Waals surface area (Å²) in [7, 11) is 6.29. The van der Waals surface area contributed by atoms with Crippen molar-refractivity contribution in [1.82, 2.24) is 10.2 Å². The third-order valence-electron chi connectivity index (χ3n) is 4.28. The molecule has 0 bridgehead atoms. The SMILES string of the molecule is CCC(C)(C(Cc1ccc(Br)cc1Cl)NC)N(C)C. The van der Waals surface area contributed by atoms with Gasteiger partial charge in [0.25, 0.3) is 0 Å². The molecule has 0 fully saturated rings. The molecule has 0 heterocycles. The lowest BCUT2D eigenvalue weighted by molar-refractivity contribution is 0.116. The van der Waals surface area contributed by atoms with Gasteiger partial charge in [0.05, 0.1) is 0 Å². The number of benzene rings is 1. The normalized spacial score (nSPS) is 16.4. The summed E-state index contributed by atoms with van der Waals surface area (Å²) in [6.45, 7) is 4.52. The van der Waals surface area contributed by atoms with Gasteiger partial charge < -0.3 is 10.2 Å². The van der Waals surface area contributed by atoms with Gasteiger partial charge in [-0.3, -0.25) is 0 Å². The van der Waals surface area contributed by atoms with E-state index in [-0.39, 0.29) is 5.54 Å². The highest BCUT2D eigenvalue weighted by Crippen LogP contribution is 2.27. The summed E-state index contributed by atoms with van der Waals surface area (Å²) >= 11 is 9.78. The van der Waals surface area contributed by atoms with Gasteiger partial charge in [-0.25, -0.2) is 0 Å². The lowest BCUT2D eigenvalue weighted by Gasteiger charge is -2.43. The zero-order valence-corrected chi connectivity index (χ0v) is 14.8. The Balaban J connectivity index is 2.99. The molecular formula is C15H24BrClN2. The quantitative estimate of drug-likeness (QED) is 0.838. The number of rotatable bonds is 6. The van der Waals surface area contributed by atoms with Gasteiger partial charge in [-0.15, -0.1) is 0 Å². The van der Waals surface area contributed by atoms with Crippen LogP contribution in [0.5, 0.6) is 0 Å². The van der Waals surface area contributed by atoms with E-state index in [0.717, 1.165) is 22.3 Å². The maximum atomic E-state index is 6.33. The predicted molar refractivity (Wildman–Crippen MR) is 88.1 cm³/mol. The molecule has 1 aromatic rings. The van der Waals surface area contributed by atoms with Crippen molar-refractivity contribution in [2.75, 3.05) is 21.1 Å². The second kappa shape index (κ2) is 7.07. The van der Waals surface area contributed by atoms with E-state index in [9.17, 15) is 0 Å². The number of halogens is 2. The fourth-order valence-corrected chi connectivity index (χ4v) is 3.16. The van der Waals surface area contributed by atoms with Gasteiger partial charge in [-0.2, -0.15) is 0 Å². The van der Waals surface area contributed by atoms with Crippen molar-refractivity contribution in [3.8, 4) is 0 Å². The minimum absolute atomic E-state index is 0.102. The standard InChI is InChI=1S/C15H24BrClN2/c1-6-15(2,19(4)5)14(18-3)9-11-7-8-12(16)10-13(11)17/h7-8,10,14,18H,6,9H2,1-5H3. The molecular weight excluding hydrogens is 324 g/mol. The van der Waals surface area contributed by atoms with Crippen molar-refractivity contribution in [3.63, 3.8) is 0 Å². The Labute approximate surface area is 130 Å². The van der Waals surface area contributed by atoms with Crippen molar-refractivity contribution >= 4 is 27.5 Å². The molecule has 0 aliphatic rings. The molecule has 19 heavy (non-hydrogen) atoms. The third kappa shape index (κ3) is 3.94. The van der Waals surface area contributed by atoms with E-state index < -0.39 is 0 Å². The van der Waals surface area contributed by atoms with Crippen LogP contribution in [-0.2, 0) is 6.42 Å². The Bertz CT molecular complexity index is 423. The maximum absolute atomic E-state index is 6.33. The number of likely N-dealkylation sites (N-methyl/N-ethyl adjacent to an activating group) is 2. The molecule has 4 heteroatoms. The van der Waals surface area contributed by atoms with E-state index in [1.54, 1.807) is 0 Å². The van der Waals surface area contributed by atoms with Crippen LogP contribution in [0.1, 0.15) is 25.8 Å². The molecule has 1 N–H and O–H groups in total. The molecule has 0 amide bonds. The fraction of sp³-hybridized carbons (Fsp3) is 0.600. The lowest BCUT2D eigenvalue weighted by atomic mass is 9.84. The van der Waals surface area contributed by atoms with Crippen molar-refractivity contribution < 1.29 is 0 Å². The Kier molecular flexibility index (Phi) is 6.31. The molecule has 0 saturated carbocycles. The molecule has 0 radical (unpaired) electrons. The van der Waals surface area contributed by atoms with Crippen LogP contribution in [0.25, 0.3) is 0 Å². The first kappa shape index (κ1) is 17.0. The Morgan fingerprint density at radius 1 is 1.42 bits per heavy atom. The molecule has 1 rings (SSSR count). The zero-order valence-electron chi connectivity index (χ0n) is 12.4. The molecule has 2 atom stereocenters. The summed E-state index contributed by atoms with van der Waals surface area (Å²) in [6.07, 6.45) is 2.00. The Morgan fingerprint density at radius 3 is 2.47 bits per heavy atom. The molecule has 2 unspecified atom stereocenters. The average Bonchev–Trinajstić information content (AvgIpc) is 2.36. The highest BCUT2D eigenvalue weighted by atomic mass is 79.9. The van der Waals surface area contributed by atoms with Crippen LogP contribution in [0.2, 0.25) is 5.02 Å². The van der Waals surface area contributed by atoms with Crippen LogP contribution in [0.4, 0.5) is 0 Å². The number of hydrogen-bond acceptors (Lipinski definition) is 2. The topological polar surface area (TPSA) is 15.3 Å². The van der Waals surface area contributed by atoms with Gasteiger partial charge in [0.15, 0.2) is 0 Å². The number of hydrogen-bond donors (Lipinski definition) is 1. The second-order valence-electron chi connectivity index (χ2n) is 5.39. The van der Waals surface area contributed by atoms with Crippen LogP contribution < -0.4 is 5.32 Å². The summed E-state index contributed by atoms with van der Waals surface area (Å²) in [5.74, 6) is 0. The molecule has 0 aliphatic carbocycles. The van der Waals surface area contributed by atoms with Gasteiger partial charge in [-0.1, -0.05) is 40.5 Å². The van der Waals surface area contributed by atoms with E-state index in [1.165, 1.54) is 5.56 Å². The van der Waals surface area contributed by atoms with E-state index in [0.29, 0.717) is 6.04 Å². The molecule has 0 aliphatic heterocycles. The first-order chi connectivity index (χ1) is 8.85.